The molecule has 3 aromatic heterocycles. The Bertz CT molecular complexity index is 834. The predicted molar refractivity (Wildman–Crippen MR) is 79.7 cm³/mol. The number of hydrogen-bond acceptors (Lipinski definition) is 6. The van der Waals surface area contributed by atoms with Crippen molar-refractivity contribution in [2.75, 3.05) is 0 Å². The maximum Gasteiger partial charge on any atom is 0.421 e. The molecule has 22 heavy (non-hydrogen) atoms. The highest BCUT2D eigenvalue weighted by atomic mass is 35.5. The summed E-state index contributed by atoms with van der Waals surface area (Å²) >= 11 is 5.95. The molecule has 0 atom stereocenters. The topological polar surface area (TPSA) is 83.0 Å². The lowest BCUT2D eigenvalue weighted by Crippen LogP contribution is -2.26. The van der Waals surface area contributed by atoms with Gasteiger partial charge in [-0.1, -0.05) is 0 Å². The Kier molecular flexibility index (Phi) is 3.37. The summed E-state index contributed by atoms with van der Waals surface area (Å²) in [5.41, 5.74) is 0.460. The standard InChI is InChI=1S/C14H13ClN4O3/c1-14(2,3)22-13(20)19-7-16-10-9(8-5-4-6-21-8)17-12(15)18-11(10)19/h4-7H,1-3H3. The van der Waals surface area contributed by atoms with Crippen molar-refractivity contribution in [1.29, 1.82) is 0 Å². The summed E-state index contributed by atoms with van der Waals surface area (Å²) < 4.78 is 11.8. The minimum Gasteiger partial charge on any atom is -0.463 e. The molecule has 0 aromatic carbocycles. The zero-order chi connectivity index (χ0) is 15.9. The summed E-state index contributed by atoms with van der Waals surface area (Å²) in [6, 6.07) is 3.45. The van der Waals surface area contributed by atoms with E-state index in [2.05, 4.69) is 15.0 Å². The Hall–Kier alpha value is -2.41. The van der Waals surface area contributed by atoms with Gasteiger partial charge < -0.3 is 9.15 Å². The van der Waals surface area contributed by atoms with Crippen molar-refractivity contribution < 1.29 is 13.9 Å². The third-order valence-electron chi connectivity index (χ3n) is 2.71. The van der Waals surface area contributed by atoms with Crippen LogP contribution in [-0.4, -0.2) is 31.2 Å². The summed E-state index contributed by atoms with van der Waals surface area (Å²) in [6.45, 7) is 5.33. The molecule has 7 nitrogen and oxygen atoms in total. The third-order valence-corrected chi connectivity index (χ3v) is 2.88. The second-order valence-electron chi connectivity index (χ2n) is 5.59. The Labute approximate surface area is 130 Å². The summed E-state index contributed by atoms with van der Waals surface area (Å²) in [5, 5.41) is -0.00999. The first kappa shape index (κ1) is 14.5. The highest BCUT2D eigenvalue weighted by molar-refractivity contribution is 6.28. The fraction of sp³-hybridized carbons (Fsp3) is 0.286. The van der Waals surface area contributed by atoms with E-state index >= 15 is 0 Å². The molecule has 0 spiro atoms. The van der Waals surface area contributed by atoms with Crippen molar-refractivity contribution in [1.82, 2.24) is 19.5 Å². The van der Waals surface area contributed by atoms with Gasteiger partial charge in [-0.2, -0.15) is 4.98 Å². The molecule has 0 bridgehead atoms. The second kappa shape index (κ2) is 5.10. The Morgan fingerprint density at radius 3 is 2.77 bits per heavy atom. The highest BCUT2D eigenvalue weighted by Gasteiger charge is 2.23. The van der Waals surface area contributed by atoms with Crippen LogP contribution in [0.3, 0.4) is 0 Å². The molecule has 8 heteroatoms. The lowest BCUT2D eigenvalue weighted by atomic mass is 10.2. The summed E-state index contributed by atoms with van der Waals surface area (Å²) in [5.74, 6) is 0.490. The van der Waals surface area contributed by atoms with Crippen LogP contribution in [0.4, 0.5) is 4.79 Å². The van der Waals surface area contributed by atoms with E-state index in [1.54, 1.807) is 32.9 Å². The number of imidazole rings is 1. The largest absolute Gasteiger partial charge is 0.463 e. The van der Waals surface area contributed by atoms with E-state index < -0.39 is 11.7 Å². The number of fused-ring (bicyclic) bond motifs is 1. The fourth-order valence-electron chi connectivity index (χ4n) is 1.90. The minimum absolute atomic E-state index is 0.00999. The molecule has 0 unspecified atom stereocenters. The maximum absolute atomic E-state index is 12.2. The second-order valence-corrected chi connectivity index (χ2v) is 5.92. The highest BCUT2D eigenvalue weighted by Crippen LogP contribution is 2.27. The van der Waals surface area contributed by atoms with Gasteiger partial charge in [-0.15, -0.1) is 0 Å². The van der Waals surface area contributed by atoms with Gasteiger partial charge in [-0.05, 0) is 44.5 Å². The molecule has 0 aliphatic rings. The zero-order valence-electron chi connectivity index (χ0n) is 12.2. The molecule has 3 aromatic rings. The maximum atomic E-state index is 12.2. The van der Waals surface area contributed by atoms with Crippen LogP contribution in [0.2, 0.25) is 5.28 Å². The number of furan rings is 1. The van der Waals surface area contributed by atoms with Crippen LogP contribution in [-0.2, 0) is 4.74 Å². The molecule has 3 rings (SSSR count). The third kappa shape index (κ3) is 2.67. The minimum atomic E-state index is -0.631. The number of ether oxygens (including phenoxy) is 1. The van der Waals surface area contributed by atoms with Crippen molar-refractivity contribution in [2.24, 2.45) is 0 Å². The van der Waals surface area contributed by atoms with E-state index in [0.717, 1.165) is 0 Å². The van der Waals surface area contributed by atoms with Gasteiger partial charge in [-0.3, -0.25) is 0 Å². The first-order valence-corrected chi connectivity index (χ1v) is 6.91. The quantitative estimate of drug-likeness (QED) is 0.638. The fourth-order valence-corrected chi connectivity index (χ4v) is 2.07. The van der Waals surface area contributed by atoms with Crippen molar-refractivity contribution in [3.05, 3.63) is 30.0 Å². The van der Waals surface area contributed by atoms with Gasteiger partial charge in [0.1, 0.15) is 23.1 Å². The van der Waals surface area contributed by atoms with Gasteiger partial charge in [0.15, 0.2) is 11.4 Å². The summed E-state index contributed by atoms with van der Waals surface area (Å²) in [7, 11) is 0. The summed E-state index contributed by atoms with van der Waals surface area (Å²) in [4.78, 5) is 24.6. The van der Waals surface area contributed by atoms with Crippen LogP contribution in [0.5, 0.6) is 0 Å². The molecule has 0 saturated carbocycles. The monoisotopic (exact) mass is 320 g/mol. The van der Waals surface area contributed by atoms with Crippen molar-refractivity contribution in [3.8, 4) is 11.5 Å². The normalized spacial score (nSPS) is 11.8. The Balaban J connectivity index is 2.14. The van der Waals surface area contributed by atoms with E-state index in [1.807, 2.05) is 0 Å². The van der Waals surface area contributed by atoms with Crippen molar-refractivity contribution in [3.63, 3.8) is 0 Å². The van der Waals surface area contributed by atoms with Crippen LogP contribution >= 0.6 is 11.6 Å². The lowest BCUT2D eigenvalue weighted by Gasteiger charge is -2.19. The molecule has 0 aliphatic carbocycles. The molecule has 0 radical (unpaired) electrons. The SMILES string of the molecule is CC(C)(C)OC(=O)n1cnc2c(-c3ccco3)nc(Cl)nc21. The average Bonchev–Trinajstić information content (AvgIpc) is 3.04. The van der Waals surface area contributed by atoms with Crippen LogP contribution in [0.25, 0.3) is 22.6 Å². The number of nitrogens with zero attached hydrogens (tertiary/aromatic N) is 4. The van der Waals surface area contributed by atoms with E-state index in [-0.39, 0.29) is 10.9 Å². The summed E-state index contributed by atoms with van der Waals surface area (Å²) in [6.07, 6.45) is 2.26. The molecule has 0 aliphatic heterocycles. The van der Waals surface area contributed by atoms with Gasteiger partial charge >= 0.3 is 6.09 Å². The van der Waals surface area contributed by atoms with E-state index in [0.29, 0.717) is 17.0 Å². The number of rotatable bonds is 1. The molecule has 3 heterocycles. The van der Waals surface area contributed by atoms with Gasteiger partial charge in [0.25, 0.3) is 0 Å². The molecule has 114 valence electrons. The number of halogens is 1. The number of carbonyl (C=O) groups is 1. The smallest absolute Gasteiger partial charge is 0.421 e. The number of carbonyl (C=O) groups excluding carboxylic acids is 1. The lowest BCUT2D eigenvalue weighted by molar-refractivity contribution is 0.0543. The molecule has 0 fully saturated rings. The van der Waals surface area contributed by atoms with Gasteiger partial charge in [0.2, 0.25) is 5.28 Å². The molecule has 0 saturated heterocycles. The van der Waals surface area contributed by atoms with Crippen LogP contribution < -0.4 is 0 Å². The average molecular weight is 321 g/mol. The van der Waals surface area contributed by atoms with Gasteiger partial charge in [-0.25, -0.2) is 19.3 Å². The Morgan fingerprint density at radius 1 is 1.36 bits per heavy atom. The van der Waals surface area contributed by atoms with E-state index in [1.165, 1.54) is 17.2 Å². The van der Waals surface area contributed by atoms with Crippen LogP contribution in [0.1, 0.15) is 20.8 Å². The van der Waals surface area contributed by atoms with Crippen molar-refractivity contribution in [2.45, 2.75) is 26.4 Å². The predicted octanol–water partition coefficient (Wildman–Crippen LogP) is 3.52. The van der Waals surface area contributed by atoms with E-state index in [9.17, 15) is 4.79 Å². The van der Waals surface area contributed by atoms with Crippen molar-refractivity contribution >= 4 is 28.9 Å². The first-order valence-electron chi connectivity index (χ1n) is 6.53. The number of hydrogen-bond donors (Lipinski definition) is 0. The van der Waals surface area contributed by atoms with E-state index in [4.69, 9.17) is 20.8 Å². The molecule has 0 N–H and O–H groups in total. The molecular weight excluding hydrogens is 308 g/mol. The number of aromatic nitrogens is 4. The first-order chi connectivity index (χ1) is 10.3. The van der Waals surface area contributed by atoms with Crippen LogP contribution in [0.15, 0.2) is 29.1 Å². The Morgan fingerprint density at radius 2 is 2.14 bits per heavy atom. The van der Waals surface area contributed by atoms with Gasteiger partial charge in [0, 0.05) is 0 Å². The van der Waals surface area contributed by atoms with Gasteiger partial charge in [0.05, 0.1) is 6.26 Å². The molecular formula is C14H13ClN4O3. The van der Waals surface area contributed by atoms with Crippen LogP contribution in [0, 0.1) is 0 Å². The molecule has 0 amide bonds. The zero-order valence-corrected chi connectivity index (χ0v) is 13.0.